The van der Waals surface area contributed by atoms with Crippen LogP contribution in [0, 0.1) is 0 Å². The molecule has 0 aromatic carbocycles. The van der Waals surface area contributed by atoms with Crippen LogP contribution in [0.25, 0.3) is 0 Å². The number of thioether (sulfide) groups is 1. The first kappa shape index (κ1) is 10.5. The van der Waals surface area contributed by atoms with Gasteiger partial charge in [-0.15, -0.1) is 0 Å². The standard InChI is InChI=1S/C11H17NS2/c1-2-11(14-6-1)8-12-5-3-10-4-7-13-9-10/h4,7,9,11-12H,1-3,5-6,8H2. The summed E-state index contributed by atoms with van der Waals surface area (Å²) in [6, 6.07) is 2.22. The predicted octanol–water partition coefficient (Wildman–Crippen LogP) is 2.78. The van der Waals surface area contributed by atoms with Gasteiger partial charge in [0.05, 0.1) is 0 Å². The highest BCUT2D eigenvalue weighted by atomic mass is 32.2. The molecule has 0 aliphatic carbocycles. The minimum atomic E-state index is 0.887. The maximum atomic E-state index is 3.55. The van der Waals surface area contributed by atoms with Gasteiger partial charge < -0.3 is 5.32 Å². The first-order valence-corrected chi connectivity index (χ1v) is 7.28. The van der Waals surface area contributed by atoms with E-state index in [1.807, 2.05) is 0 Å². The lowest BCUT2D eigenvalue weighted by Gasteiger charge is -2.09. The minimum absolute atomic E-state index is 0.887. The summed E-state index contributed by atoms with van der Waals surface area (Å²) < 4.78 is 0. The van der Waals surface area contributed by atoms with Gasteiger partial charge in [0.1, 0.15) is 0 Å². The van der Waals surface area contributed by atoms with E-state index in [9.17, 15) is 0 Å². The Kier molecular flexibility index (Phi) is 4.35. The Balaban J connectivity index is 1.55. The first-order chi connectivity index (χ1) is 6.95. The second-order valence-corrected chi connectivity index (χ2v) is 5.91. The van der Waals surface area contributed by atoms with Crippen LogP contribution >= 0.6 is 23.1 Å². The van der Waals surface area contributed by atoms with Crippen LogP contribution in [0.4, 0.5) is 0 Å². The van der Waals surface area contributed by atoms with Crippen molar-refractivity contribution in [2.45, 2.75) is 24.5 Å². The van der Waals surface area contributed by atoms with E-state index in [1.165, 1.54) is 37.1 Å². The zero-order chi connectivity index (χ0) is 9.64. The average molecular weight is 227 g/mol. The maximum Gasteiger partial charge on any atom is 0.0172 e. The normalized spacial score (nSPS) is 21.6. The van der Waals surface area contributed by atoms with Crippen molar-refractivity contribution in [2.75, 3.05) is 18.8 Å². The summed E-state index contributed by atoms with van der Waals surface area (Å²) in [7, 11) is 0. The molecule has 14 heavy (non-hydrogen) atoms. The fourth-order valence-corrected chi connectivity index (χ4v) is 3.67. The molecule has 2 heterocycles. The molecule has 1 fully saturated rings. The lowest BCUT2D eigenvalue weighted by molar-refractivity contribution is 0.645. The van der Waals surface area contributed by atoms with Gasteiger partial charge in [-0.05, 0) is 54.0 Å². The Morgan fingerprint density at radius 1 is 1.50 bits per heavy atom. The molecule has 0 amide bonds. The highest BCUT2D eigenvalue weighted by Crippen LogP contribution is 2.25. The summed E-state index contributed by atoms with van der Waals surface area (Å²) in [6.45, 7) is 2.34. The van der Waals surface area contributed by atoms with Crippen molar-refractivity contribution in [1.82, 2.24) is 5.32 Å². The zero-order valence-corrected chi connectivity index (χ0v) is 10.0. The van der Waals surface area contributed by atoms with Gasteiger partial charge in [0.25, 0.3) is 0 Å². The molecular weight excluding hydrogens is 210 g/mol. The van der Waals surface area contributed by atoms with E-state index in [-0.39, 0.29) is 0 Å². The number of rotatable bonds is 5. The Morgan fingerprint density at radius 3 is 3.21 bits per heavy atom. The summed E-state index contributed by atoms with van der Waals surface area (Å²) in [4.78, 5) is 0. The average Bonchev–Trinajstić information content (AvgIpc) is 2.86. The molecule has 1 N–H and O–H groups in total. The van der Waals surface area contributed by atoms with Crippen molar-refractivity contribution < 1.29 is 0 Å². The van der Waals surface area contributed by atoms with Gasteiger partial charge in [-0.1, -0.05) is 0 Å². The second kappa shape index (κ2) is 5.79. The molecule has 0 bridgehead atoms. The lowest BCUT2D eigenvalue weighted by Crippen LogP contribution is -2.25. The Bertz CT molecular complexity index is 240. The van der Waals surface area contributed by atoms with Crippen molar-refractivity contribution in [1.29, 1.82) is 0 Å². The molecule has 0 radical (unpaired) electrons. The Hall–Kier alpha value is 0.01000. The largest absolute Gasteiger partial charge is 0.315 e. The predicted molar refractivity (Wildman–Crippen MR) is 66.4 cm³/mol. The summed E-state index contributed by atoms with van der Waals surface area (Å²) in [6.07, 6.45) is 4.01. The molecule has 78 valence electrons. The fourth-order valence-electron chi connectivity index (χ4n) is 1.74. The molecule has 1 unspecified atom stereocenters. The summed E-state index contributed by atoms with van der Waals surface area (Å²) in [5, 5.41) is 8.83. The van der Waals surface area contributed by atoms with E-state index in [1.54, 1.807) is 11.3 Å². The molecular formula is C11H17NS2. The van der Waals surface area contributed by atoms with E-state index in [2.05, 4.69) is 33.9 Å². The third kappa shape index (κ3) is 3.30. The van der Waals surface area contributed by atoms with Crippen molar-refractivity contribution in [3.05, 3.63) is 22.4 Å². The molecule has 1 atom stereocenters. The first-order valence-electron chi connectivity index (χ1n) is 5.28. The van der Waals surface area contributed by atoms with Gasteiger partial charge in [0.15, 0.2) is 0 Å². The second-order valence-electron chi connectivity index (χ2n) is 3.72. The van der Waals surface area contributed by atoms with E-state index in [0.29, 0.717) is 0 Å². The van der Waals surface area contributed by atoms with E-state index < -0.39 is 0 Å². The van der Waals surface area contributed by atoms with Crippen LogP contribution in [0.1, 0.15) is 18.4 Å². The number of hydrogen-bond donors (Lipinski definition) is 1. The molecule has 1 saturated heterocycles. The van der Waals surface area contributed by atoms with Crippen LogP contribution in [0.3, 0.4) is 0 Å². The van der Waals surface area contributed by atoms with Crippen molar-refractivity contribution in [2.24, 2.45) is 0 Å². The van der Waals surface area contributed by atoms with E-state index in [4.69, 9.17) is 0 Å². The molecule has 1 aromatic rings. The quantitative estimate of drug-likeness (QED) is 0.776. The highest BCUT2D eigenvalue weighted by molar-refractivity contribution is 8.00. The summed E-state index contributed by atoms with van der Waals surface area (Å²) in [5.41, 5.74) is 1.47. The van der Waals surface area contributed by atoms with Gasteiger partial charge >= 0.3 is 0 Å². The highest BCUT2D eigenvalue weighted by Gasteiger charge is 2.14. The van der Waals surface area contributed by atoms with Gasteiger partial charge in [-0.25, -0.2) is 0 Å². The van der Waals surface area contributed by atoms with Gasteiger partial charge in [-0.3, -0.25) is 0 Å². The molecule has 1 nitrogen and oxygen atoms in total. The molecule has 1 aliphatic rings. The van der Waals surface area contributed by atoms with Gasteiger partial charge in [0, 0.05) is 11.8 Å². The summed E-state index contributed by atoms with van der Waals surface area (Å²) in [5.74, 6) is 1.37. The number of nitrogens with one attached hydrogen (secondary N) is 1. The third-order valence-electron chi connectivity index (χ3n) is 2.57. The van der Waals surface area contributed by atoms with Crippen LogP contribution in [-0.4, -0.2) is 24.1 Å². The lowest BCUT2D eigenvalue weighted by atomic mass is 10.2. The van der Waals surface area contributed by atoms with Crippen LogP contribution < -0.4 is 5.32 Å². The van der Waals surface area contributed by atoms with Crippen LogP contribution in [-0.2, 0) is 6.42 Å². The maximum absolute atomic E-state index is 3.55. The van der Waals surface area contributed by atoms with Crippen molar-refractivity contribution >= 4 is 23.1 Å². The van der Waals surface area contributed by atoms with Crippen LogP contribution in [0.2, 0.25) is 0 Å². The molecule has 1 aliphatic heterocycles. The van der Waals surface area contributed by atoms with Gasteiger partial charge in [-0.2, -0.15) is 23.1 Å². The summed E-state index contributed by atoms with van der Waals surface area (Å²) >= 11 is 3.92. The minimum Gasteiger partial charge on any atom is -0.315 e. The number of thiophene rings is 1. The molecule has 3 heteroatoms. The molecule has 0 spiro atoms. The monoisotopic (exact) mass is 227 g/mol. The molecule has 1 aromatic heterocycles. The molecule has 2 rings (SSSR count). The smallest absolute Gasteiger partial charge is 0.0172 e. The van der Waals surface area contributed by atoms with Crippen LogP contribution in [0.15, 0.2) is 16.8 Å². The topological polar surface area (TPSA) is 12.0 Å². The van der Waals surface area contributed by atoms with Crippen LogP contribution in [0.5, 0.6) is 0 Å². The van der Waals surface area contributed by atoms with E-state index >= 15 is 0 Å². The number of hydrogen-bond acceptors (Lipinski definition) is 3. The van der Waals surface area contributed by atoms with Crippen molar-refractivity contribution in [3.63, 3.8) is 0 Å². The van der Waals surface area contributed by atoms with Crippen molar-refractivity contribution in [3.8, 4) is 0 Å². The Morgan fingerprint density at radius 2 is 2.50 bits per heavy atom. The molecule has 0 saturated carbocycles. The third-order valence-corrected chi connectivity index (χ3v) is 4.70. The SMILES string of the molecule is c1cc(CCNCC2CCCS2)cs1. The van der Waals surface area contributed by atoms with E-state index in [0.717, 1.165) is 11.8 Å². The Labute approximate surface area is 94.3 Å². The fraction of sp³-hybridized carbons (Fsp3) is 0.636. The van der Waals surface area contributed by atoms with Gasteiger partial charge in [0.2, 0.25) is 0 Å². The zero-order valence-electron chi connectivity index (χ0n) is 8.37.